The van der Waals surface area contributed by atoms with Gasteiger partial charge in [-0.1, -0.05) is 30.3 Å². The van der Waals surface area contributed by atoms with Gasteiger partial charge in [0.05, 0.1) is 6.04 Å². The molecule has 0 saturated carbocycles. The average molecular weight is 322 g/mol. The zero-order chi connectivity index (χ0) is 16.9. The maximum Gasteiger partial charge on any atom is 0.149 e. The normalized spacial score (nSPS) is 12.4. The highest BCUT2D eigenvalue weighted by Gasteiger charge is 2.14. The molecule has 1 heterocycles. The summed E-state index contributed by atoms with van der Waals surface area (Å²) in [6.07, 6.45) is 4.54. The number of ketones is 1. The third-order valence-electron chi connectivity index (χ3n) is 4.33. The Balaban J connectivity index is 1.53. The number of aromatic hydroxyl groups is 1. The van der Waals surface area contributed by atoms with E-state index in [1.165, 1.54) is 0 Å². The molecule has 24 heavy (non-hydrogen) atoms. The first-order chi connectivity index (χ1) is 11.6. The van der Waals surface area contributed by atoms with E-state index in [-0.39, 0.29) is 11.5 Å². The Labute approximate surface area is 141 Å². The van der Waals surface area contributed by atoms with Crippen molar-refractivity contribution in [3.8, 4) is 5.75 Å². The maximum absolute atomic E-state index is 12.2. The second-order valence-corrected chi connectivity index (χ2v) is 6.16. The van der Waals surface area contributed by atoms with E-state index in [2.05, 4.69) is 4.98 Å². The van der Waals surface area contributed by atoms with Crippen LogP contribution in [0.1, 0.15) is 24.0 Å². The molecule has 0 amide bonds. The minimum atomic E-state index is -0.445. The standard InChI is InChI=1S/C20H22N2O2/c21-18(11-14-5-2-1-3-6-14)20(24)8-4-7-15-13-22-19-10-9-16(23)12-17(15)19/h1-3,5-6,9-10,12-13,18,22-23H,4,7-8,11,21H2/t18-/m0/s1. The number of nitrogens with one attached hydrogen (secondary N) is 1. The number of rotatable bonds is 7. The number of aryl methyl sites for hydroxylation is 1. The largest absolute Gasteiger partial charge is 0.508 e. The van der Waals surface area contributed by atoms with E-state index in [1.807, 2.05) is 42.6 Å². The van der Waals surface area contributed by atoms with Crippen molar-refractivity contribution >= 4 is 16.7 Å². The predicted molar refractivity (Wildman–Crippen MR) is 96.0 cm³/mol. The zero-order valence-electron chi connectivity index (χ0n) is 13.5. The molecule has 0 spiro atoms. The summed E-state index contributed by atoms with van der Waals surface area (Å²) in [6, 6.07) is 14.7. The lowest BCUT2D eigenvalue weighted by Gasteiger charge is -2.10. The second kappa shape index (κ2) is 7.32. The number of carbonyl (C=O) groups is 1. The number of phenolic OH excluding ortho intramolecular Hbond substituents is 1. The van der Waals surface area contributed by atoms with Gasteiger partial charge in [0, 0.05) is 23.5 Å². The van der Waals surface area contributed by atoms with Gasteiger partial charge in [0.15, 0.2) is 0 Å². The Morgan fingerprint density at radius 2 is 1.96 bits per heavy atom. The number of aromatic amines is 1. The summed E-state index contributed by atoms with van der Waals surface area (Å²) >= 11 is 0. The van der Waals surface area contributed by atoms with Crippen LogP contribution < -0.4 is 5.73 Å². The van der Waals surface area contributed by atoms with Crippen LogP contribution in [-0.4, -0.2) is 21.9 Å². The number of Topliss-reactive ketones (excluding diaryl/α,β-unsaturated/α-hetero) is 1. The summed E-state index contributed by atoms with van der Waals surface area (Å²) in [5.41, 5.74) is 9.23. The average Bonchev–Trinajstić information content (AvgIpc) is 2.98. The molecule has 3 rings (SSSR count). The molecule has 0 saturated heterocycles. The molecule has 0 unspecified atom stereocenters. The van der Waals surface area contributed by atoms with E-state index in [9.17, 15) is 9.90 Å². The Hall–Kier alpha value is -2.59. The third kappa shape index (κ3) is 3.84. The topological polar surface area (TPSA) is 79.1 Å². The molecular formula is C20H22N2O2. The summed E-state index contributed by atoms with van der Waals surface area (Å²) in [6.45, 7) is 0. The summed E-state index contributed by atoms with van der Waals surface area (Å²) in [4.78, 5) is 15.4. The van der Waals surface area contributed by atoms with Crippen LogP contribution in [0.5, 0.6) is 5.75 Å². The molecule has 0 aliphatic carbocycles. The number of carbonyl (C=O) groups excluding carboxylic acids is 1. The van der Waals surface area contributed by atoms with Gasteiger partial charge in [-0.05, 0) is 48.6 Å². The lowest BCUT2D eigenvalue weighted by atomic mass is 9.98. The number of phenols is 1. The van der Waals surface area contributed by atoms with Gasteiger partial charge in [0.1, 0.15) is 11.5 Å². The highest BCUT2D eigenvalue weighted by atomic mass is 16.3. The Bertz CT molecular complexity index is 824. The fraction of sp³-hybridized carbons (Fsp3) is 0.250. The van der Waals surface area contributed by atoms with E-state index < -0.39 is 6.04 Å². The first-order valence-electron chi connectivity index (χ1n) is 8.24. The highest BCUT2D eigenvalue weighted by Crippen LogP contribution is 2.24. The van der Waals surface area contributed by atoms with Crippen LogP contribution >= 0.6 is 0 Å². The molecule has 124 valence electrons. The Kier molecular flexibility index (Phi) is 4.96. The molecule has 1 aromatic heterocycles. The lowest BCUT2D eigenvalue weighted by molar-refractivity contribution is -0.120. The molecule has 4 nitrogen and oxygen atoms in total. The number of fused-ring (bicyclic) bond motifs is 1. The van der Waals surface area contributed by atoms with Crippen LogP contribution in [0.4, 0.5) is 0 Å². The summed E-state index contributed by atoms with van der Waals surface area (Å²) in [7, 11) is 0. The number of hydrogen-bond donors (Lipinski definition) is 3. The molecule has 0 fully saturated rings. The van der Waals surface area contributed by atoms with Crippen molar-refractivity contribution in [3.63, 3.8) is 0 Å². The molecule has 2 aromatic carbocycles. The fourth-order valence-corrected chi connectivity index (χ4v) is 2.99. The quantitative estimate of drug-likeness (QED) is 0.624. The molecule has 0 aliphatic rings. The molecule has 1 atom stereocenters. The van der Waals surface area contributed by atoms with Gasteiger partial charge in [0.25, 0.3) is 0 Å². The van der Waals surface area contributed by atoms with Crippen LogP contribution in [0.3, 0.4) is 0 Å². The number of hydrogen-bond acceptors (Lipinski definition) is 3. The lowest BCUT2D eigenvalue weighted by Crippen LogP contribution is -2.32. The maximum atomic E-state index is 12.2. The van der Waals surface area contributed by atoms with Gasteiger partial charge < -0.3 is 15.8 Å². The molecule has 0 radical (unpaired) electrons. The molecule has 3 aromatic rings. The molecule has 4 heteroatoms. The van der Waals surface area contributed by atoms with Crippen molar-refractivity contribution in [2.75, 3.05) is 0 Å². The number of nitrogens with two attached hydrogens (primary N) is 1. The van der Waals surface area contributed by atoms with Gasteiger partial charge in [-0.3, -0.25) is 4.79 Å². The van der Waals surface area contributed by atoms with Crippen LogP contribution in [0, 0.1) is 0 Å². The van der Waals surface area contributed by atoms with Gasteiger partial charge in [-0.2, -0.15) is 0 Å². The van der Waals surface area contributed by atoms with Crippen molar-refractivity contribution in [3.05, 3.63) is 65.9 Å². The third-order valence-corrected chi connectivity index (χ3v) is 4.33. The number of benzene rings is 2. The minimum Gasteiger partial charge on any atom is -0.508 e. The summed E-state index contributed by atoms with van der Waals surface area (Å²) in [5, 5.41) is 10.6. The van der Waals surface area contributed by atoms with Crippen molar-refractivity contribution in [2.24, 2.45) is 5.73 Å². The number of H-pyrrole nitrogens is 1. The van der Waals surface area contributed by atoms with E-state index in [4.69, 9.17) is 5.73 Å². The Morgan fingerprint density at radius 1 is 1.17 bits per heavy atom. The fourth-order valence-electron chi connectivity index (χ4n) is 2.99. The van der Waals surface area contributed by atoms with Gasteiger partial charge in [-0.25, -0.2) is 0 Å². The minimum absolute atomic E-state index is 0.0986. The molecule has 0 bridgehead atoms. The smallest absolute Gasteiger partial charge is 0.149 e. The van der Waals surface area contributed by atoms with E-state index in [0.29, 0.717) is 12.8 Å². The van der Waals surface area contributed by atoms with Crippen LogP contribution in [0.25, 0.3) is 10.9 Å². The zero-order valence-corrected chi connectivity index (χ0v) is 13.5. The Morgan fingerprint density at radius 3 is 2.75 bits per heavy atom. The van der Waals surface area contributed by atoms with Crippen molar-refractivity contribution < 1.29 is 9.90 Å². The molecule has 0 aliphatic heterocycles. The monoisotopic (exact) mass is 322 g/mol. The molecular weight excluding hydrogens is 300 g/mol. The highest BCUT2D eigenvalue weighted by molar-refractivity contribution is 5.85. The SMILES string of the molecule is N[C@@H](Cc1ccccc1)C(=O)CCCc1c[nH]c2ccc(O)cc12. The summed E-state index contributed by atoms with van der Waals surface area (Å²) in [5.74, 6) is 0.353. The van der Waals surface area contributed by atoms with Gasteiger partial charge in [0.2, 0.25) is 0 Å². The molecule has 4 N–H and O–H groups in total. The van der Waals surface area contributed by atoms with Gasteiger partial charge >= 0.3 is 0 Å². The first-order valence-corrected chi connectivity index (χ1v) is 8.24. The van der Waals surface area contributed by atoms with Crippen molar-refractivity contribution in [2.45, 2.75) is 31.7 Å². The van der Waals surface area contributed by atoms with E-state index >= 15 is 0 Å². The van der Waals surface area contributed by atoms with Crippen molar-refractivity contribution in [1.82, 2.24) is 4.98 Å². The van der Waals surface area contributed by atoms with E-state index in [0.717, 1.165) is 34.9 Å². The van der Waals surface area contributed by atoms with Gasteiger partial charge in [-0.15, -0.1) is 0 Å². The second-order valence-electron chi connectivity index (χ2n) is 6.16. The predicted octanol–water partition coefficient (Wildman–Crippen LogP) is 3.34. The van der Waals surface area contributed by atoms with Crippen molar-refractivity contribution in [1.29, 1.82) is 0 Å². The first kappa shape index (κ1) is 16.3. The van der Waals surface area contributed by atoms with Crippen LogP contribution in [0.2, 0.25) is 0 Å². The number of aromatic nitrogens is 1. The van der Waals surface area contributed by atoms with E-state index in [1.54, 1.807) is 12.1 Å². The van der Waals surface area contributed by atoms with Crippen LogP contribution in [0.15, 0.2) is 54.7 Å². The van der Waals surface area contributed by atoms with Crippen LogP contribution in [-0.2, 0) is 17.6 Å². The summed E-state index contributed by atoms with van der Waals surface area (Å²) < 4.78 is 0.